The Morgan fingerprint density at radius 2 is 1.77 bits per heavy atom. The Morgan fingerprint density at radius 3 is 2.31 bits per heavy atom. The molecule has 26 heavy (non-hydrogen) atoms. The Hall–Kier alpha value is -1.54. The van der Waals surface area contributed by atoms with Crippen LogP contribution in [0.5, 0.6) is 5.75 Å². The quantitative estimate of drug-likeness (QED) is 0.520. The number of nitrogens with zero attached hydrogens (tertiary/aromatic N) is 2. The Bertz CT molecular complexity index is 494. The first-order chi connectivity index (χ1) is 11.7. The van der Waals surface area contributed by atoms with Crippen molar-refractivity contribution in [2.45, 2.75) is 39.2 Å². The minimum absolute atomic E-state index is 0. The largest absolute Gasteiger partial charge is 0.491 e. The van der Waals surface area contributed by atoms with Crippen LogP contribution in [0, 0.1) is 0 Å². The number of benzene rings is 1. The summed E-state index contributed by atoms with van der Waals surface area (Å²) in [6, 6.07) is 6.73. The molecular formula is C19H37N3O4. The van der Waals surface area contributed by atoms with Gasteiger partial charge in [-0.25, -0.2) is 0 Å². The van der Waals surface area contributed by atoms with E-state index < -0.39 is 0 Å². The molecular weight excluding hydrogens is 334 g/mol. The second kappa shape index (κ2) is 12.8. The molecule has 0 aliphatic carbocycles. The third-order valence-corrected chi connectivity index (χ3v) is 4.82. The molecule has 1 aromatic carbocycles. The Kier molecular flexibility index (Phi) is 12.0. The van der Waals surface area contributed by atoms with E-state index in [2.05, 4.69) is 29.7 Å². The summed E-state index contributed by atoms with van der Waals surface area (Å²) < 4.78 is 10.6. The number of hydrogen-bond acceptors (Lipinski definition) is 5. The van der Waals surface area contributed by atoms with Crippen molar-refractivity contribution in [3.05, 3.63) is 18.2 Å². The van der Waals surface area contributed by atoms with Gasteiger partial charge in [0.1, 0.15) is 12.4 Å². The van der Waals surface area contributed by atoms with Crippen LogP contribution in [-0.4, -0.2) is 68.4 Å². The lowest BCUT2D eigenvalue weighted by Gasteiger charge is -2.40. The minimum Gasteiger partial charge on any atom is -0.491 e. The van der Waals surface area contributed by atoms with E-state index in [-0.39, 0.29) is 11.0 Å². The van der Waals surface area contributed by atoms with Gasteiger partial charge in [-0.2, -0.15) is 0 Å². The molecule has 0 spiro atoms. The van der Waals surface area contributed by atoms with Gasteiger partial charge in [-0.3, -0.25) is 4.90 Å². The molecule has 1 fully saturated rings. The van der Waals surface area contributed by atoms with E-state index in [0.29, 0.717) is 13.2 Å². The van der Waals surface area contributed by atoms with Gasteiger partial charge in [-0.1, -0.05) is 20.3 Å². The summed E-state index contributed by atoms with van der Waals surface area (Å²) in [5.74, 6) is 0.806. The van der Waals surface area contributed by atoms with Crippen molar-refractivity contribution in [1.29, 1.82) is 0 Å². The van der Waals surface area contributed by atoms with E-state index in [4.69, 9.17) is 15.2 Å². The van der Waals surface area contributed by atoms with Crippen LogP contribution in [0.2, 0.25) is 0 Å². The summed E-state index contributed by atoms with van der Waals surface area (Å²) in [5, 5.41) is 0. The maximum absolute atomic E-state index is 6.26. The third-order valence-electron chi connectivity index (χ3n) is 4.82. The molecule has 1 aliphatic rings. The van der Waals surface area contributed by atoms with Gasteiger partial charge in [-0.15, -0.1) is 0 Å². The fraction of sp³-hybridized carbons (Fsp3) is 0.684. The zero-order valence-corrected chi connectivity index (χ0v) is 16.5. The van der Waals surface area contributed by atoms with Crippen LogP contribution in [0.15, 0.2) is 18.2 Å². The van der Waals surface area contributed by atoms with Crippen molar-refractivity contribution < 1.29 is 20.4 Å². The smallest absolute Gasteiger partial charge is 0.121 e. The fourth-order valence-electron chi connectivity index (χ4n) is 3.46. The summed E-state index contributed by atoms with van der Waals surface area (Å²) in [5.41, 5.74) is 8.17. The molecule has 152 valence electrons. The monoisotopic (exact) mass is 371 g/mol. The van der Waals surface area contributed by atoms with Gasteiger partial charge >= 0.3 is 0 Å². The summed E-state index contributed by atoms with van der Waals surface area (Å²) >= 11 is 0. The molecule has 0 amide bonds. The summed E-state index contributed by atoms with van der Waals surface area (Å²) in [7, 11) is 1.67. The average molecular weight is 372 g/mol. The molecule has 1 heterocycles. The summed E-state index contributed by atoms with van der Waals surface area (Å²) in [6.45, 7) is 10.0. The highest BCUT2D eigenvalue weighted by molar-refractivity contribution is 5.69. The van der Waals surface area contributed by atoms with E-state index in [1.165, 1.54) is 19.3 Å². The van der Waals surface area contributed by atoms with Crippen molar-refractivity contribution >= 4 is 11.4 Å². The van der Waals surface area contributed by atoms with Crippen molar-refractivity contribution in [3.63, 3.8) is 0 Å². The molecule has 1 unspecified atom stereocenters. The van der Waals surface area contributed by atoms with Gasteiger partial charge < -0.3 is 31.1 Å². The van der Waals surface area contributed by atoms with Gasteiger partial charge in [0.05, 0.1) is 18.0 Å². The highest BCUT2D eigenvalue weighted by atomic mass is 16.5. The Morgan fingerprint density at radius 1 is 1.08 bits per heavy atom. The number of rotatable bonds is 9. The Labute approximate surface area is 157 Å². The topological polar surface area (TPSA) is 114 Å². The van der Waals surface area contributed by atoms with Crippen molar-refractivity contribution in [2.24, 2.45) is 0 Å². The molecule has 0 bridgehead atoms. The molecule has 7 nitrogen and oxygen atoms in total. The van der Waals surface area contributed by atoms with Gasteiger partial charge in [0.25, 0.3) is 0 Å². The molecule has 7 heteroatoms. The number of methoxy groups -OCH3 is 1. The standard InChI is InChI=1S/C19H33N3O2.2H2O/c1-4-6-16(5-2)21-9-11-22(12-10-21)19-8-7-17(15-18(19)20)24-14-13-23-3;;/h7-8,15-16H,4-6,9-14,20H2,1-3H3;2*1H2. The number of anilines is 2. The summed E-state index contributed by atoms with van der Waals surface area (Å²) in [4.78, 5) is 5.03. The van der Waals surface area contributed by atoms with Crippen LogP contribution in [0.4, 0.5) is 11.4 Å². The van der Waals surface area contributed by atoms with E-state index in [1.54, 1.807) is 7.11 Å². The first-order valence-corrected chi connectivity index (χ1v) is 9.19. The van der Waals surface area contributed by atoms with Crippen LogP contribution >= 0.6 is 0 Å². The molecule has 0 aromatic heterocycles. The predicted molar refractivity (Wildman–Crippen MR) is 108 cm³/mol. The molecule has 1 aliphatic heterocycles. The lowest BCUT2D eigenvalue weighted by molar-refractivity contribution is 0.146. The summed E-state index contributed by atoms with van der Waals surface area (Å²) in [6.07, 6.45) is 3.80. The predicted octanol–water partition coefficient (Wildman–Crippen LogP) is 1.35. The first-order valence-electron chi connectivity index (χ1n) is 9.19. The van der Waals surface area contributed by atoms with E-state index >= 15 is 0 Å². The minimum atomic E-state index is 0. The van der Waals surface area contributed by atoms with Crippen LogP contribution in [0.25, 0.3) is 0 Å². The lowest BCUT2D eigenvalue weighted by Crippen LogP contribution is -2.50. The molecule has 0 radical (unpaired) electrons. The SMILES string of the molecule is CCCC(CC)N1CCN(c2ccc(OCCOC)cc2N)CC1.O.O. The number of ether oxygens (including phenoxy) is 2. The number of nitrogen functional groups attached to an aromatic ring is 1. The second-order valence-electron chi connectivity index (χ2n) is 6.44. The second-order valence-corrected chi connectivity index (χ2v) is 6.44. The maximum atomic E-state index is 6.26. The zero-order valence-electron chi connectivity index (χ0n) is 16.5. The molecule has 1 atom stereocenters. The average Bonchev–Trinajstić information content (AvgIpc) is 2.60. The van der Waals surface area contributed by atoms with E-state index in [9.17, 15) is 0 Å². The van der Waals surface area contributed by atoms with Crippen molar-refractivity contribution in [3.8, 4) is 5.75 Å². The Balaban J connectivity index is 0.00000312. The van der Waals surface area contributed by atoms with Gasteiger partial charge in [0.2, 0.25) is 0 Å². The molecule has 0 saturated carbocycles. The van der Waals surface area contributed by atoms with Crippen LogP contribution in [-0.2, 0) is 4.74 Å². The molecule has 2 rings (SSSR count). The zero-order chi connectivity index (χ0) is 17.4. The maximum Gasteiger partial charge on any atom is 0.121 e. The van der Waals surface area contributed by atoms with Crippen LogP contribution in [0.1, 0.15) is 33.1 Å². The highest BCUT2D eigenvalue weighted by Crippen LogP contribution is 2.29. The molecule has 6 N–H and O–H groups in total. The number of hydrogen-bond donors (Lipinski definition) is 1. The molecule has 1 saturated heterocycles. The van der Waals surface area contributed by atoms with Crippen LogP contribution < -0.4 is 15.4 Å². The first kappa shape index (κ1) is 24.5. The molecule has 1 aromatic rings. The van der Waals surface area contributed by atoms with Gasteiger partial charge in [0.15, 0.2) is 0 Å². The van der Waals surface area contributed by atoms with Gasteiger partial charge in [0, 0.05) is 45.4 Å². The fourth-order valence-corrected chi connectivity index (χ4v) is 3.46. The van der Waals surface area contributed by atoms with E-state index in [0.717, 1.165) is 49.3 Å². The van der Waals surface area contributed by atoms with Crippen molar-refractivity contribution in [1.82, 2.24) is 4.90 Å². The van der Waals surface area contributed by atoms with Gasteiger partial charge in [-0.05, 0) is 25.0 Å². The lowest BCUT2D eigenvalue weighted by atomic mass is 10.1. The van der Waals surface area contributed by atoms with Crippen molar-refractivity contribution in [2.75, 3.05) is 57.1 Å². The van der Waals surface area contributed by atoms with E-state index in [1.807, 2.05) is 12.1 Å². The normalized spacial score (nSPS) is 15.7. The van der Waals surface area contributed by atoms with Crippen LogP contribution in [0.3, 0.4) is 0 Å². The number of piperazine rings is 1. The third kappa shape index (κ3) is 6.64. The highest BCUT2D eigenvalue weighted by Gasteiger charge is 2.23. The number of nitrogens with two attached hydrogens (primary N) is 1.